The maximum Gasteiger partial charge on any atom is 0.253 e. The maximum atomic E-state index is 11.1. The van der Waals surface area contributed by atoms with Crippen LogP contribution in [0.1, 0.15) is 10.4 Å². The second kappa shape index (κ2) is 3.79. The molecule has 15 heavy (non-hydrogen) atoms. The third kappa shape index (κ3) is 1.62. The number of hydrogen-bond acceptors (Lipinski definition) is 3. The van der Waals surface area contributed by atoms with Crippen LogP contribution in [0.15, 0.2) is 41.6 Å². The number of nitrogens with zero attached hydrogens (tertiary/aromatic N) is 1. The summed E-state index contributed by atoms with van der Waals surface area (Å²) in [5.74, 6) is 0. The Kier molecular flexibility index (Phi) is 2.47. The molecule has 0 aliphatic heterocycles. The van der Waals surface area contributed by atoms with Crippen molar-refractivity contribution in [3.05, 3.63) is 46.9 Å². The molecule has 0 N–H and O–H groups in total. The molecule has 0 unspecified atom stereocenters. The topological polar surface area (TPSA) is 46.5 Å². The minimum Gasteiger partial charge on any atom is -0.276 e. The highest BCUT2D eigenvalue weighted by Crippen LogP contribution is 2.29. The van der Waals surface area contributed by atoms with Gasteiger partial charge in [-0.1, -0.05) is 24.3 Å². The van der Waals surface area contributed by atoms with Gasteiger partial charge in [0.1, 0.15) is 5.69 Å². The summed E-state index contributed by atoms with van der Waals surface area (Å²) in [6, 6.07) is 10.0. The van der Waals surface area contributed by atoms with Gasteiger partial charge in [-0.2, -0.15) is 0 Å². The molecule has 3 nitrogen and oxygen atoms in total. The summed E-state index contributed by atoms with van der Waals surface area (Å²) in [4.78, 5) is 21.6. The Morgan fingerprint density at radius 3 is 2.33 bits per heavy atom. The lowest BCUT2D eigenvalue weighted by atomic mass is 10.0. The van der Waals surface area contributed by atoms with Crippen molar-refractivity contribution in [3.63, 3.8) is 0 Å². The molecule has 0 aliphatic carbocycles. The number of nitroso groups, excluding NO2 is 1. The molecule has 0 heterocycles. The lowest BCUT2D eigenvalue weighted by Gasteiger charge is -2.03. The Morgan fingerprint density at radius 1 is 1.07 bits per heavy atom. The molecule has 4 heteroatoms. The van der Waals surface area contributed by atoms with Gasteiger partial charge in [-0.3, -0.25) is 4.79 Å². The van der Waals surface area contributed by atoms with Crippen LogP contribution in [-0.4, -0.2) is 5.24 Å². The number of fused-ring (bicyclic) bond motifs is 1. The summed E-state index contributed by atoms with van der Waals surface area (Å²) in [6.45, 7) is 0. The predicted molar refractivity (Wildman–Crippen MR) is 59.6 cm³/mol. The van der Waals surface area contributed by atoms with Crippen LogP contribution in [-0.2, 0) is 0 Å². The Hall–Kier alpha value is -1.74. The molecule has 0 fully saturated rings. The third-order valence-corrected chi connectivity index (χ3v) is 2.41. The number of carbonyl (C=O) groups is 1. The fourth-order valence-electron chi connectivity index (χ4n) is 1.53. The second-order valence-electron chi connectivity index (χ2n) is 3.04. The van der Waals surface area contributed by atoms with Crippen molar-refractivity contribution >= 4 is 33.3 Å². The van der Waals surface area contributed by atoms with E-state index in [1.54, 1.807) is 24.3 Å². The standard InChI is InChI=1S/C11H6ClNO2/c12-11(14)9-5-6-10(13-15)8-4-2-1-3-7(8)9/h1-6H. The number of rotatable bonds is 2. The average Bonchev–Trinajstić information content (AvgIpc) is 2.27. The van der Waals surface area contributed by atoms with E-state index in [1.807, 2.05) is 0 Å². The Bertz CT molecular complexity index is 551. The van der Waals surface area contributed by atoms with E-state index < -0.39 is 5.24 Å². The first-order valence-electron chi connectivity index (χ1n) is 4.29. The van der Waals surface area contributed by atoms with E-state index in [9.17, 15) is 9.70 Å². The number of halogens is 1. The van der Waals surface area contributed by atoms with E-state index in [1.165, 1.54) is 12.1 Å². The van der Waals surface area contributed by atoms with Crippen molar-refractivity contribution in [3.8, 4) is 0 Å². The quantitative estimate of drug-likeness (QED) is 0.572. The van der Waals surface area contributed by atoms with Crippen LogP contribution in [0.3, 0.4) is 0 Å². The highest BCUT2D eigenvalue weighted by Gasteiger charge is 2.09. The summed E-state index contributed by atoms with van der Waals surface area (Å²) in [6.07, 6.45) is 0. The number of hydrogen-bond donors (Lipinski definition) is 0. The zero-order valence-corrected chi connectivity index (χ0v) is 8.36. The summed E-state index contributed by atoms with van der Waals surface area (Å²) in [5, 5.41) is 3.64. The van der Waals surface area contributed by atoms with E-state index in [2.05, 4.69) is 5.18 Å². The highest BCUT2D eigenvalue weighted by molar-refractivity contribution is 6.68. The van der Waals surface area contributed by atoms with Crippen LogP contribution in [0.2, 0.25) is 0 Å². The van der Waals surface area contributed by atoms with Crippen molar-refractivity contribution in [1.82, 2.24) is 0 Å². The van der Waals surface area contributed by atoms with E-state index in [0.29, 0.717) is 22.0 Å². The van der Waals surface area contributed by atoms with Gasteiger partial charge in [-0.05, 0) is 34.3 Å². The van der Waals surface area contributed by atoms with Gasteiger partial charge in [0.05, 0.1) is 0 Å². The van der Waals surface area contributed by atoms with Crippen LogP contribution in [0, 0.1) is 4.91 Å². The fourth-order valence-corrected chi connectivity index (χ4v) is 1.70. The molecule has 0 spiro atoms. The molecule has 0 bridgehead atoms. The van der Waals surface area contributed by atoms with Crippen molar-refractivity contribution < 1.29 is 4.79 Å². The summed E-state index contributed by atoms with van der Waals surface area (Å²) >= 11 is 5.43. The normalized spacial score (nSPS) is 10.2. The zero-order chi connectivity index (χ0) is 10.8. The lowest BCUT2D eigenvalue weighted by Crippen LogP contribution is -1.90. The van der Waals surface area contributed by atoms with E-state index in [-0.39, 0.29) is 0 Å². The Morgan fingerprint density at radius 2 is 1.73 bits per heavy atom. The largest absolute Gasteiger partial charge is 0.276 e. The summed E-state index contributed by atoms with van der Waals surface area (Å²) < 4.78 is 0. The lowest BCUT2D eigenvalue weighted by molar-refractivity contribution is 0.108. The molecular formula is C11H6ClNO2. The average molecular weight is 220 g/mol. The van der Waals surface area contributed by atoms with Gasteiger partial charge < -0.3 is 0 Å². The SMILES string of the molecule is O=Nc1ccc(C(=O)Cl)c2ccccc12. The van der Waals surface area contributed by atoms with E-state index >= 15 is 0 Å². The highest BCUT2D eigenvalue weighted by atomic mass is 35.5. The van der Waals surface area contributed by atoms with Gasteiger partial charge in [-0.25, -0.2) is 0 Å². The van der Waals surface area contributed by atoms with Crippen molar-refractivity contribution in [2.24, 2.45) is 5.18 Å². The minimum atomic E-state index is -0.538. The molecule has 2 aromatic rings. The molecule has 0 amide bonds. The molecule has 0 aromatic heterocycles. The number of carbonyl (C=O) groups excluding carboxylic acids is 1. The Balaban J connectivity index is 2.89. The first-order valence-corrected chi connectivity index (χ1v) is 4.67. The van der Waals surface area contributed by atoms with Crippen LogP contribution >= 0.6 is 11.6 Å². The molecule has 0 saturated carbocycles. The second-order valence-corrected chi connectivity index (χ2v) is 3.39. The first-order chi connectivity index (χ1) is 7.24. The van der Waals surface area contributed by atoms with Gasteiger partial charge in [0.15, 0.2) is 0 Å². The van der Waals surface area contributed by atoms with Gasteiger partial charge in [0.25, 0.3) is 5.24 Å². The molecule has 2 rings (SSSR count). The fraction of sp³-hybridized carbons (Fsp3) is 0. The third-order valence-electron chi connectivity index (χ3n) is 2.21. The van der Waals surface area contributed by atoms with Crippen molar-refractivity contribution in [2.75, 3.05) is 0 Å². The van der Waals surface area contributed by atoms with E-state index in [4.69, 9.17) is 11.6 Å². The first kappa shape index (κ1) is 9.80. The van der Waals surface area contributed by atoms with Gasteiger partial charge in [0, 0.05) is 10.9 Å². The van der Waals surface area contributed by atoms with Crippen LogP contribution < -0.4 is 0 Å². The van der Waals surface area contributed by atoms with Crippen LogP contribution in [0.4, 0.5) is 5.69 Å². The van der Waals surface area contributed by atoms with Crippen LogP contribution in [0.25, 0.3) is 10.8 Å². The van der Waals surface area contributed by atoms with E-state index in [0.717, 1.165) is 0 Å². The van der Waals surface area contributed by atoms with Crippen molar-refractivity contribution in [1.29, 1.82) is 0 Å². The molecule has 2 aromatic carbocycles. The van der Waals surface area contributed by atoms with Crippen LogP contribution in [0.5, 0.6) is 0 Å². The van der Waals surface area contributed by atoms with Gasteiger partial charge in [0.2, 0.25) is 0 Å². The molecule has 0 aliphatic rings. The molecule has 74 valence electrons. The minimum absolute atomic E-state index is 0.312. The van der Waals surface area contributed by atoms with Gasteiger partial charge in [-0.15, -0.1) is 4.91 Å². The molecule has 0 radical (unpaired) electrons. The predicted octanol–water partition coefficient (Wildman–Crippen LogP) is 3.62. The smallest absolute Gasteiger partial charge is 0.253 e. The molecule has 0 atom stereocenters. The summed E-state index contributed by atoms with van der Waals surface area (Å²) in [7, 11) is 0. The number of benzene rings is 2. The Labute approximate surface area is 90.6 Å². The van der Waals surface area contributed by atoms with Gasteiger partial charge >= 0.3 is 0 Å². The summed E-state index contributed by atoms with van der Waals surface area (Å²) in [5.41, 5.74) is 0.701. The van der Waals surface area contributed by atoms with Crippen molar-refractivity contribution in [2.45, 2.75) is 0 Å². The maximum absolute atomic E-state index is 11.1. The zero-order valence-electron chi connectivity index (χ0n) is 7.61. The monoisotopic (exact) mass is 219 g/mol. The molecule has 0 saturated heterocycles. The molecular weight excluding hydrogens is 214 g/mol.